The molecule has 0 saturated carbocycles. The van der Waals surface area contributed by atoms with E-state index >= 15 is 0 Å². The fourth-order valence-corrected chi connectivity index (χ4v) is 3.78. The molecule has 0 spiro atoms. The van der Waals surface area contributed by atoms with Gasteiger partial charge in [0.25, 0.3) is 0 Å². The fourth-order valence-electron chi connectivity index (χ4n) is 1.67. The van der Waals surface area contributed by atoms with E-state index in [1.165, 1.54) is 19.1 Å². The molecule has 2 atom stereocenters. The monoisotopic (exact) mass is 352 g/mol. The van der Waals surface area contributed by atoms with Crippen LogP contribution in [-0.2, 0) is 14.6 Å². The smallest absolute Gasteiger partial charge is 0.242 e. The minimum atomic E-state index is -3.57. The highest BCUT2D eigenvalue weighted by atomic mass is 35.5. The third kappa shape index (κ3) is 4.02. The molecule has 0 fully saturated rings. The lowest BCUT2D eigenvalue weighted by molar-refractivity contribution is -0.115. The van der Waals surface area contributed by atoms with Gasteiger partial charge in [-0.2, -0.15) is 0 Å². The summed E-state index contributed by atoms with van der Waals surface area (Å²) in [4.78, 5) is 12.1. The first-order valence-corrected chi connectivity index (χ1v) is 8.75. The van der Waals surface area contributed by atoms with Gasteiger partial charge in [0.15, 0.2) is 9.84 Å². The number of halogens is 2. The van der Waals surface area contributed by atoms with Gasteiger partial charge >= 0.3 is 0 Å². The van der Waals surface area contributed by atoms with Crippen molar-refractivity contribution in [1.82, 2.24) is 0 Å². The van der Waals surface area contributed by atoms with Gasteiger partial charge in [0.1, 0.15) is 5.25 Å². The molecule has 0 aromatic heterocycles. The largest absolute Gasteiger partial charge is 0.399 e. The molecule has 1 aromatic rings. The minimum Gasteiger partial charge on any atom is -0.399 e. The second-order valence-corrected chi connectivity index (χ2v) is 8.30. The van der Waals surface area contributed by atoms with Crippen LogP contribution >= 0.6 is 23.2 Å². The van der Waals surface area contributed by atoms with Gasteiger partial charge in [-0.05, 0) is 32.4 Å². The Kier molecular flexibility index (Phi) is 5.90. The molecule has 21 heavy (non-hydrogen) atoms. The number of amides is 1. The second-order valence-electron chi connectivity index (χ2n) is 4.80. The van der Waals surface area contributed by atoms with Crippen molar-refractivity contribution in [2.24, 2.45) is 0 Å². The fraction of sp³-hybridized carbons (Fsp3) is 0.462. The zero-order valence-corrected chi connectivity index (χ0v) is 14.3. The van der Waals surface area contributed by atoms with Gasteiger partial charge in [-0.15, -0.1) is 0 Å². The predicted molar refractivity (Wildman–Crippen MR) is 87.6 cm³/mol. The minimum absolute atomic E-state index is 0.154. The number of anilines is 2. The summed E-state index contributed by atoms with van der Waals surface area (Å²) in [6.45, 7) is 4.67. The van der Waals surface area contributed by atoms with E-state index in [-0.39, 0.29) is 15.7 Å². The Hall–Kier alpha value is -0.980. The van der Waals surface area contributed by atoms with Crippen LogP contribution in [0.25, 0.3) is 0 Å². The van der Waals surface area contributed by atoms with Crippen LogP contribution in [0.5, 0.6) is 0 Å². The number of nitrogen functional groups attached to an aromatic ring is 1. The van der Waals surface area contributed by atoms with Crippen LogP contribution in [0.4, 0.5) is 11.4 Å². The third-order valence-electron chi connectivity index (χ3n) is 3.31. The molecule has 0 aliphatic carbocycles. The van der Waals surface area contributed by atoms with Crippen molar-refractivity contribution in [3.63, 3.8) is 0 Å². The first kappa shape index (κ1) is 18.1. The number of nitrogens with two attached hydrogens (primary N) is 1. The first-order chi connectivity index (χ1) is 9.61. The molecule has 0 saturated heterocycles. The van der Waals surface area contributed by atoms with Crippen LogP contribution in [0.3, 0.4) is 0 Å². The number of sulfone groups is 1. The number of hydrogen-bond donors (Lipinski definition) is 2. The Morgan fingerprint density at radius 1 is 1.29 bits per heavy atom. The van der Waals surface area contributed by atoms with Gasteiger partial charge in [-0.3, -0.25) is 4.79 Å². The summed E-state index contributed by atoms with van der Waals surface area (Å²) < 4.78 is 24.3. The van der Waals surface area contributed by atoms with E-state index in [9.17, 15) is 13.2 Å². The lowest BCUT2D eigenvalue weighted by Crippen LogP contribution is -2.37. The lowest BCUT2D eigenvalue weighted by atomic mass is 10.2. The summed E-state index contributed by atoms with van der Waals surface area (Å²) >= 11 is 11.9. The summed E-state index contributed by atoms with van der Waals surface area (Å²) in [6.07, 6.45) is 0.434. The van der Waals surface area contributed by atoms with E-state index < -0.39 is 26.2 Å². The van der Waals surface area contributed by atoms with Crippen molar-refractivity contribution >= 4 is 50.3 Å². The van der Waals surface area contributed by atoms with Gasteiger partial charge < -0.3 is 11.1 Å². The number of rotatable bonds is 5. The summed E-state index contributed by atoms with van der Waals surface area (Å²) in [5.74, 6) is -0.677. The molecule has 0 radical (unpaired) electrons. The van der Waals surface area contributed by atoms with Crippen molar-refractivity contribution < 1.29 is 13.2 Å². The van der Waals surface area contributed by atoms with Crippen molar-refractivity contribution in [3.05, 3.63) is 22.2 Å². The highest BCUT2D eigenvalue weighted by molar-refractivity contribution is 7.93. The second kappa shape index (κ2) is 6.85. The number of carbonyl (C=O) groups excluding carboxylic acids is 1. The van der Waals surface area contributed by atoms with Crippen molar-refractivity contribution in [2.75, 3.05) is 11.1 Å². The molecule has 8 heteroatoms. The number of carbonyl (C=O) groups is 1. The van der Waals surface area contributed by atoms with Crippen LogP contribution in [0.1, 0.15) is 27.2 Å². The molecule has 118 valence electrons. The van der Waals surface area contributed by atoms with Gasteiger partial charge in [0.05, 0.1) is 21.0 Å². The van der Waals surface area contributed by atoms with E-state index in [2.05, 4.69) is 5.32 Å². The average molecular weight is 353 g/mol. The molecule has 0 heterocycles. The molecule has 1 amide bonds. The third-order valence-corrected chi connectivity index (χ3v) is 6.56. The number of benzene rings is 1. The van der Waals surface area contributed by atoms with Crippen LogP contribution in [0.15, 0.2) is 12.1 Å². The van der Waals surface area contributed by atoms with Gasteiger partial charge in [-0.25, -0.2) is 8.42 Å². The first-order valence-electron chi connectivity index (χ1n) is 6.39. The van der Waals surface area contributed by atoms with Crippen LogP contribution < -0.4 is 11.1 Å². The Morgan fingerprint density at radius 3 is 2.19 bits per heavy atom. The van der Waals surface area contributed by atoms with Gasteiger partial charge in [-0.1, -0.05) is 30.1 Å². The molecule has 5 nitrogen and oxygen atoms in total. The zero-order valence-electron chi connectivity index (χ0n) is 12.0. The highest BCUT2D eigenvalue weighted by Gasteiger charge is 2.32. The quantitative estimate of drug-likeness (QED) is 0.796. The number of nitrogens with one attached hydrogen (secondary N) is 1. The van der Waals surface area contributed by atoms with Crippen molar-refractivity contribution in [2.45, 2.75) is 37.7 Å². The van der Waals surface area contributed by atoms with Crippen molar-refractivity contribution in [3.8, 4) is 0 Å². The van der Waals surface area contributed by atoms with E-state index in [4.69, 9.17) is 28.9 Å². The molecule has 0 bridgehead atoms. The molecule has 1 rings (SSSR count). The molecular weight excluding hydrogens is 335 g/mol. The summed E-state index contributed by atoms with van der Waals surface area (Å²) in [5, 5.41) is 0.963. The average Bonchev–Trinajstić information content (AvgIpc) is 2.40. The van der Waals surface area contributed by atoms with Gasteiger partial charge in [0.2, 0.25) is 5.91 Å². The summed E-state index contributed by atoms with van der Waals surface area (Å²) in [6, 6.07) is 2.85. The topological polar surface area (TPSA) is 89.3 Å². The van der Waals surface area contributed by atoms with Crippen LogP contribution in [0.2, 0.25) is 10.0 Å². The normalized spacial score (nSPS) is 14.5. The van der Waals surface area contributed by atoms with Crippen molar-refractivity contribution in [1.29, 1.82) is 0 Å². The lowest BCUT2D eigenvalue weighted by Gasteiger charge is -2.18. The predicted octanol–water partition coefficient (Wildman–Crippen LogP) is 3.12. The molecule has 1 aromatic carbocycles. The maximum Gasteiger partial charge on any atom is 0.242 e. The maximum absolute atomic E-state index is 12.2. The molecule has 2 unspecified atom stereocenters. The Labute approximate surface area is 134 Å². The van der Waals surface area contributed by atoms with Crippen LogP contribution in [0, 0.1) is 0 Å². The molecule has 0 aliphatic heterocycles. The molecule has 3 N–H and O–H groups in total. The zero-order chi connectivity index (χ0) is 16.4. The molecule has 0 aliphatic rings. The van der Waals surface area contributed by atoms with E-state index in [1.807, 2.05) is 0 Å². The maximum atomic E-state index is 12.2. The summed E-state index contributed by atoms with van der Waals surface area (Å²) in [7, 11) is -3.57. The Morgan fingerprint density at radius 2 is 1.76 bits per heavy atom. The van der Waals surface area contributed by atoms with E-state index in [0.29, 0.717) is 12.1 Å². The van der Waals surface area contributed by atoms with Gasteiger partial charge in [0, 0.05) is 5.69 Å². The highest BCUT2D eigenvalue weighted by Crippen LogP contribution is 2.33. The SMILES string of the molecule is CCC(C)S(=O)(=O)C(C)C(=O)Nc1c(Cl)cc(N)cc1Cl. The number of hydrogen-bond acceptors (Lipinski definition) is 4. The molecular formula is C13H18Cl2N2O3S. The summed E-state index contributed by atoms with van der Waals surface area (Å²) in [5.41, 5.74) is 6.07. The standard InChI is InChI=1S/C13H18Cl2N2O3S/c1-4-7(2)21(19,20)8(3)13(18)17-12-10(14)5-9(16)6-11(12)15/h5-8H,4,16H2,1-3H3,(H,17,18). The Bertz CT molecular complexity index is 624. The van der Waals surface area contributed by atoms with E-state index in [1.54, 1.807) is 13.8 Å². The Balaban J connectivity index is 3.02. The van der Waals surface area contributed by atoms with E-state index in [0.717, 1.165) is 0 Å². The van der Waals surface area contributed by atoms with Crippen LogP contribution in [-0.4, -0.2) is 24.8 Å².